The minimum absolute atomic E-state index is 0.248. The van der Waals surface area contributed by atoms with Crippen molar-refractivity contribution in [1.82, 2.24) is 19.9 Å². The molecule has 3 aromatic rings. The molecule has 28 heavy (non-hydrogen) atoms. The Hall–Kier alpha value is -2.26. The van der Waals surface area contributed by atoms with Crippen LogP contribution in [0, 0.1) is 0 Å². The van der Waals surface area contributed by atoms with Gasteiger partial charge in [0.1, 0.15) is 17.0 Å². The molecule has 0 atom stereocenters. The summed E-state index contributed by atoms with van der Waals surface area (Å²) in [5, 5.41) is 4.09. The molecule has 1 aliphatic heterocycles. The highest BCUT2D eigenvalue weighted by Gasteiger charge is 2.29. The van der Waals surface area contributed by atoms with Crippen molar-refractivity contribution in [3.05, 3.63) is 47.4 Å². The van der Waals surface area contributed by atoms with Gasteiger partial charge in [0.05, 0.1) is 11.8 Å². The van der Waals surface area contributed by atoms with E-state index in [0.717, 1.165) is 43.8 Å². The summed E-state index contributed by atoms with van der Waals surface area (Å²) in [5.74, 6) is 0.627. The molecule has 0 radical (unpaired) electrons. The number of hydrogen-bond acceptors (Lipinski definition) is 6. The average molecular weight is 407 g/mol. The van der Waals surface area contributed by atoms with Gasteiger partial charge in [-0.3, -0.25) is 9.88 Å². The molecule has 9 heteroatoms. The van der Waals surface area contributed by atoms with Crippen molar-refractivity contribution in [2.45, 2.75) is 38.0 Å². The zero-order chi connectivity index (χ0) is 19.6. The number of thiophene rings is 1. The maximum Gasteiger partial charge on any atom is 0.393 e. The number of alkyl halides is 3. The molecule has 1 fully saturated rings. The number of piperidine rings is 1. The highest BCUT2D eigenvalue weighted by Crippen LogP contribution is 2.33. The van der Waals surface area contributed by atoms with Crippen molar-refractivity contribution in [1.29, 1.82) is 0 Å². The molecule has 148 valence electrons. The van der Waals surface area contributed by atoms with E-state index >= 15 is 0 Å². The molecule has 0 bridgehead atoms. The Kier molecular flexibility index (Phi) is 5.45. The van der Waals surface area contributed by atoms with Crippen LogP contribution < -0.4 is 5.32 Å². The van der Waals surface area contributed by atoms with Crippen LogP contribution in [0.2, 0.25) is 0 Å². The van der Waals surface area contributed by atoms with Crippen molar-refractivity contribution in [2.75, 3.05) is 18.4 Å². The SMILES string of the molecule is FC(F)(F)Cc1cc2c(NC3CCN(Cc4ccncc4)CC3)ncnc2s1. The summed E-state index contributed by atoms with van der Waals surface area (Å²) < 4.78 is 38.0. The third-order valence-corrected chi connectivity index (χ3v) is 5.88. The van der Waals surface area contributed by atoms with Crippen LogP contribution in [0.25, 0.3) is 10.2 Å². The fourth-order valence-electron chi connectivity index (χ4n) is 3.48. The number of rotatable bonds is 5. The van der Waals surface area contributed by atoms with Crippen LogP contribution in [-0.2, 0) is 13.0 Å². The van der Waals surface area contributed by atoms with Crippen molar-refractivity contribution in [3.8, 4) is 0 Å². The summed E-state index contributed by atoms with van der Waals surface area (Å²) in [4.78, 5) is 15.7. The maximum absolute atomic E-state index is 12.7. The number of pyridine rings is 1. The monoisotopic (exact) mass is 407 g/mol. The van der Waals surface area contributed by atoms with Gasteiger partial charge in [0, 0.05) is 42.9 Å². The van der Waals surface area contributed by atoms with Crippen LogP contribution in [0.4, 0.5) is 19.0 Å². The van der Waals surface area contributed by atoms with Gasteiger partial charge in [-0.1, -0.05) is 0 Å². The Balaban J connectivity index is 1.39. The second-order valence-electron chi connectivity index (χ2n) is 7.00. The van der Waals surface area contributed by atoms with Gasteiger partial charge >= 0.3 is 6.18 Å². The Morgan fingerprint density at radius 1 is 1.14 bits per heavy atom. The number of nitrogens with zero attached hydrogens (tertiary/aromatic N) is 4. The normalized spacial score (nSPS) is 16.5. The second kappa shape index (κ2) is 8.00. The summed E-state index contributed by atoms with van der Waals surface area (Å²) in [6.07, 6.45) is 1.78. The standard InChI is InChI=1S/C19H20F3N5S/c20-19(21,22)10-15-9-16-17(24-12-25-18(16)28-15)26-14-3-7-27(8-4-14)11-13-1-5-23-6-2-13/h1-2,5-6,9,12,14H,3-4,7-8,10-11H2,(H,24,25,26). The number of likely N-dealkylation sites (tertiary alicyclic amines) is 1. The lowest BCUT2D eigenvalue weighted by molar-refractivity contribution is -0.126. The van der Waals surface area contributed by atoms with E-state index in [2.05, 4.69) is 25.2 Å². The van der Waals surface area contributed by atoms with Crippen LogP contribution in [0.5, 0.6) is 0 Å². The molecule has 3 aromatic heterocycles. The Labute approximate surface area is 164 Å². The van der Waals surface area contributed by atoms with E-state index in [9.17, 15) is 13.2 Å². The predicted octanol–water partition coefficient (Wildman–Crippen LogP) is 4.27. The summed E-state index contributed by atoms with van der Waals surface area (Å²) in [6, 6.07) is 5.86. The number of nitrogens with one attached hydrogen (secondary N) is 1. The molecule has 4 heterocycles. The van der Waals surface area contributed by atoms with Gasteiger partial charge in [-0.2, -0.15) is 13.2 Å². The van der Waals surface area contributed by atoms with Crippen LogP contribution in [0.1, 0.15) is 23.3 Å². The number of anilines is 1. The fraction of sp³-hybridized carbons (Fsp3) is 0.421. The Morgan fingerprint density at radius 2 is 1.89 bits per heavy atom. The molecule has 1 saturated heterocycles. The highest BCUT2D eigenvalue weighted by atomic mass is 32.1. The molecule has 5 nitrogen and oxygen atoms in total. The number of hydrogen-bond donors (Lipinski definition) is 1. The molecule has 0 aromatic carbocycles. The van der Waals surface area contributed by atoms with E-state index in [0.29, 0.717) is 16.0 Å². The van der Waals surface area contributed by atoms with Gasteiger partial charge in [-0.25, -0.2) is 9.97 Å². The van der Waals surface area contributed by atoms with Gasteiger partial charge in [0.2, 0.25) is 0 Å². The number of fused-ring (bicyclic) bond motifs is 1. The first kappa shape index (κ1) is 19.1. The lowest BCUT2D eigenvalue weighted by Gasteiger charge is -2.32. The minimum atomic E-state index is -4.22. The predicted molar refractivity (Wildman–Crippen MR) is 103 cm³/mol. The van der Waals surface area contributed by atoms with Gasteiger partial charge in [0.25, 0.3) is 0 Å². The largest absolute Gasteiger partial charge is 0.393 e. The third-order valence-electron chi connectivity index (χ3n) is 4.84. The van der Waals surface area contributed by atoms with Crippen LogP contribution >= 0.6 is 11.3 Å². The van der Waals surface area contributed by atoms with Crippen molar-refractivity contribution in [3.63, 3.8) is 0 Å². The van der Waals surface area contributed by atoms with E-state index in [1.54, 1.807) is 18.5 Å². The molecule has 0 aliphatic carbocycles. The minimum Gasteiger partial charge on any atom is -0.367 e. The van der Waals surface area contributed by atoms with Crippen molar-refractivity contribution in [2.24, 2.45) is 0 Å². The fourth-order valence-corrected chi connectivity index (χ4v) is 4.51. The zero-order valence-corrected chi connectivity index (χ0v) is 15.9. The summed E-state index contributed by atoms with van der Waals surface area (Å²) in [7, 11) is 0. The Morgan fingerprint density at radius 3 is 2.61 bits per heavy atom. The molecular formula is C19H20F3N5S. The zero-order valence-electron chi connectivity index (χ0n) is 15.1. The van der Waals surface area contributed by atoms with E-state index in [1.807, 2.05) is 12.1 Å². The van der Waals surface area contributed by atoms with Crippen LogP contribution in [0.3, 0.4) is 0 Å². The number of halogens is 3. The third kappa shape index (κ3) is 4.77. The van der Waals surface area contributed by atoms with E-state index in [1.165, 1.54) is 11.9 Å². The Bertz CT molecular complexity index is 920. The molecule has 0 spiro atoms. The van der Waals surface area contributed by atoms with Gasteiger partial charge in [-0.05, 0) is 36.6 Å². The summed E-state index contributed by atoms with van der Waals surface area (Å²) >= 11 is 1.08. The topological polar surface area (TPSA) is 53.9 Å². The smallest absolute Gasteiger partial charge is 0.367 e. The second-order valence-corrected chi connectivity index (χ2v) is 8.11. The molecule has 0 amide bonds. The molecule has 0 unspecified atom stereocenters. The molecule has 1 N–H and O–H groups in total. The maximum atomic E-state index is 12.7. The molecule has 4 rings (SSSR count). The van der Waals surface area contributed by atoms with E-state index in [4.69, 9.17) is 0 Å². The molecule has 1 aliphatic rings. The summed E-state index contributed by atoms with van der Waals surface area (Å²) in [5.41, 5.74) is 1.24. The van der Waals surface area contributed by atoms with Gasteiger partial charge in [0.15, 0.2) is 0 Å². The van der Waals surface area contributed by atoms with Crippen molar-refractivity contribution < 1.29 is 13.2 Å². The van der Waals surface area contributed by atoms with E-state index in [-0.39, 0.29) is 10.9 Å². The van der Waals surface area contributed by atoms with Crippen LogP contribution in [-0.4, -0.2) is 45.2 Å². The summed E-state index contributed by atoms with van der Waals surface area (Å²) in [6.45, 7) is 2.81. The lowest BCUT2D eigenvalue weighted by atomic mass is 10.0. The first-order valence-corrected chi connectivity index (χ1v) is 9.96. The van der Waals surface area contributed by atoms with Gasteiger partial charge < -0.3 is 5.32 Å². The van der Waals surface area contributed by atoms with E-state index < -0.39 is 12.6 Å². The lowest BCUT2D eigenvalue weighted by Crippen LogP contribution is -2.38. The number of aromatic nitrogens is 3. The molecular weight excluding hydrogens is 387 g/mol. The van der Waals surface area contributed by atoms with Gasteiger partial charge in [-0.15, -0.1) is 11.3 Å². The van der Waals surface area contributed by atoms with Crippen molar-refractivity contribution >= 4 is 27.4 Å². The van der Waals surface area contributed by atoms with Crippen LogP contribution in [0.15, 0.2) is 36.9 Å². The molecule has 0 saturated carbocycles. The first-order valence-electron chi connectivity index (χ1n) is 9.14. The highest BCUT2D eigenvalue weighted by molar-refractivity contribution is 7.18. The average Bonchev–Trinajstić information content (AvgIpc) is 3.06. The first-order chi connectivity index (χ1) is 13.5. The quantitative estimate of drug-likeness (QED) is 0.685.